The topological polar surface area (TPSA) is 66.4 Å². The number of ether oxygens (including phenoxy) is 5. The zero-order chi connectivity index (χ0) is 32.4. The second-order valence-corrected chi connectivity index (χ2v) is 8.70. The number of aliphatic hydroxyl groups is 1. The van der Waals surface area contributed by atoms with Gasteiger partial charge in [-0.25, -0.2) is 0 Å². The SMILES string of the molecule is C=C/C=C/C=C/C=C/Oc1cc(COc2cc(OC)ccc2CO)cc(O/C=C/C=C/C=C/C=C)c1O/C=C/C=C/C=C/C=C. The van der Waals surface area contributed by atoms with Crippen LogP contribution in [-0.2, 0) is 13.2 Å². The van der Waals surface area contributed by atoms with Gasteiger partial charge in [-0.1, -0.05) is 111 Å². The zero-order valence-corrected chi connectivity index (χ0v) is 25.5. The third kappa shape index (κ3) is 14.3. The highest BCUT2D eigenvalue weighted by Crippen LogP contribution is 2.40. The first kappa shape index (κ1) is 35.5. The fourth-order valence-corrected chi connectivity index (χ4v) is 3.38. The van der Waals surface area contributed by atoms with Crippen LogP contribution >= 0.6 is 0 Å². The van der Waals surface area contributed by atoms with Crippen molar-refractivity contribution in [2.75, 3.05) is 7.11 Å². The molecule has 0 aromatic heterocycles. The predicted molar refractivity (Wildman–Crippen MR) is 184 cm³/mol. The van der Waals surface area contributed by atoms with Crippen molar-refractivity contribution in [2.24, 2.45) is 0 Å². The van der Waals surface area contributed by atoms with Gasteiger partial charge in [-0.05, 0) is 48.1 Å². The van der Waals surface area contributed by atoms with Crippen LogP contribution in [0.5, 0.6) is 28.7 Å². The summed E-state index contributed by atoms with van der Waals surface area (Å²) in [4.78, 5) is 0. The number of allylic oxidation sites excluding steroid dienone is 18. The molecule has 232 valence electrons. The minimum Gasteiger partial charge on any atom is -0.497 e. The monoisotopic (exact) mass is 604 g/mol. The molecule has 2 aromatic carbocycles. The van der Waals surface area contributed by atoms with E-state index in [2.05, 4.69) is 19.7 Å². The maximum atomic E-state index is 9.80. The first-order valence-electron chi connectivity index (χ1n) is 14.1. The van der Waals surface area contributed by atoms with Crippen LogP contribution in [0, 0.1) is 0 Å². The van der Waals surface area contributed by atoms with Crippen LogP contribution in [0.3, 0.4) is 0 Å². The van der Waals surface area contributed by atoms with Crippen LogP contribution < -0.4 is 23.7 Å². The van der Waals surface area contributed by atoms with E-state index in [0.29, 0.717) is 34.3 Å². The van der Waals surface area contributed by atoms with Crippen molar-refractivity contribution in [1.82, 2.24) is 0 Å². The quantitative estimate of drug-likeness (QED) is 0.120. The van der Waals surface area contributed by atoms with Gasteiger partial charge in [-0.2, -0.15) is 0 Å². The minimum atomic E-state index is -0.181. The summed E-state index contributed by atoms with van der Waals surface area (Å²) in [6.07, 6.45) is 36.9. The summed E-state index contributed by atoms with van der Waals surface area (Å²) in [5, 5.41) is 9.80. The standard InChI is InChI=1S/C39H40O6/c1-5-8-11-14-17-20-25-42-37-28-33(32-45-36-30-35(41-4)24-23-34(36)31-40)29-38(43-26-21-18-15-12-9-6-2)39(37)44-27-22-19-16-13-10-7-3/h5-30,40H,1-3,31-32H2,4H3/b11-8+,12-9+,13-10+,17-14+,18-15+,19-16+,25-20+,26-21+,27-22+. The van der Waals surface area contributed by atoms with Crippen LogP contribution in [0.2, 0.25) is 0 Å². The Labute approximate surface area is 266 Å². The van der Waals surface area contributed by atoms with E-state index in [1.807, 2.05) is 72.9 Å². The molecular weight excluding hydrogens is 564 g/mol. The van der Waals surface area contributed by atoms with E-state index in [0.717, 1.165) is 5.56 Å². The smallest absolute Gasteiger partial charge is 0.211 e. The molecule has 1 N–H and O–H groups in total. The number of rotatable bonds is 20. The Hall–Kier alpha value is -5.72. The largest absolute Gasteiger partial charge is 0.497 e. The van der Waals surface area contributed by atoms with Gasteiger partial charge in [0, 0.05) is 11.6 Å². The molecular formula is C39H40O6. The summed E-state index contributed by atoms with van der Waals surface area (Å²) in [6.45, 7) is 10.9. The molecule has 0 aliphatic rings. The second kappa shape index (κ2) is 22.8. The van der Waals surface area contributed by atoms with E-state index in [9.17, 15) is 5.11 Å². The molecule has 0 atom stereocenters. The Morgan fingerprint density at radius 3 is 1.51 bits per heavy atom. The second-order valence-electron chi connectivity index (χ2n) is 8.70. The molecule has 45 heavy (non-hydrogen) atoms. The highest BCUT2D eigenvalue weighted by molar-refractivity contribution is 5.55. The van der Waals surface area contributed by atoms with Crippen molar-refractivity contribution in [1.29, 1.82) is 0 Å². The lowest BCUT2D eigenvalue weighted by Gasteiger charge is -2.16. The molecule has 0 fully saturated rings. The van der Waals surface area contributed by atoms with Crippen LogP contribution in [-0.4, -0.2) is 12.2 Å². The lowest BCUT2D eigenvalue weighted by molar-refractivity contribution is 0.257. The van der Waals surface area contributed by atoms with E-state index >= 15 is 0 Å². The maximum absolute atomic E-state index is 9.80. The molecule has 0 saturated heterocycles. The van der Waals surface area contributed by atoms with Gasteiger partial charge in [0.25, 0.3) is 0 Å². The van der Waals surface area contributed by atoms with Gasteiger partial charge >= 0.3 is 0 Å². The zero-order valence-electron chi connectivity index (χ0n) is 25.5. The summed E-state index contributed by atoms with van der Waals surface area (Å²) in [5.41, 5.74) is 1.36. The highest BCUT2D eigenvalue weighted by Gasteiger charge is 2.16. The molecule has 6 heteroatoms. The lowest BCUT2D eigenvalue weighted by atomic mass is 10.1. The summed E-state index contributed by atoms with van der Waals surface area (Å²) in [6, 6.07) is 8.85. The van der Waals surface area contributed by atoms with Gasteiger partial charge < -0.3 is 28.8 Å². The molecule has 0 radical (unpaired) electrons. The van der Waals surface area contributed by atoms with Crippen LogP contribution in [0.4, 0.5) is 0 Å². The van der Waals surface area contributed by atoms with E-state index in [1.165, 1.54) is 18.8 Å². The molecule has 6 nitrogen and oxygen atoms in total. The minimum absolute atomic E-state index is 0.146. The summed E-state index contributed by atoms with van der Waals surface area (Å²) < 4.78 is 29.5. The van der Waals surface area contributed by atoms with Crippen molar-refractivity contribution >= 4 is 0 Å². The van der Waals surface area contributed by atoms with Gasteiger partial charge in [0.05, 0.1) is 32.5 Å². The molecule has 0 spiro atoms. The molecule has 0 aliphatic carbocycles. The third-order valence-electron chi connectivity index (χ3n) is 5.47. The average molecular weight is 605 g/mol. The van der Waals surface area contributed by atoms with Crippen molar-refractivity contribution in [3.63, 3.8) is 0 Å². The third-order valence-corrected chi connectivity index (χ3v) is 5.47. The number of hydrogen-bond donors (Lipinski definition) is 1. The highest BCUT2D eigenvalue weighted by atomic mass is 16.5. The summed E-state index contributed by atoms with van der Waals surface area (Å²) >= 11 is 0. The van der Waals surface area contributed by atoms with E-state index in [1.54, 1.807) is 73.9 Å². The van der Waals surface area contributed by atoms with Crippen LogP contribution in [0.1, 0.15) is 11.1 Å². The number of benzene rings is 2. The first-order valence-corrected chi connectivity index (χ1v) is 14.1. The molecule has 0 unspecified atom stereocenters. The van der Waals surface area contributed by atoms with Crippen molar-refractivity contribution in [2.45, 2.75) is 13.2 Å². The fourth-order valence-electron chi connectivity index (χ4n) is 3.38. The molecule has 2 aromatic rings. The summed E-state index contributed by atoms with van der Waals surface area (Å²) in [5.74, 6) is 2.24. The van der Waals surface area contributed by atoms with Crippen molar-refractivity contribution < 1.29 is 28.8 Å². The van der Waals surface area contributed by atoms with Crippen molar-refractivity contribution in [3.8, 4) is 28.7 Å². The van der Waals surface area contributed by atoms with Gasteiger partial charge in [0.1, 0.15) is 18.1 Å². The Balaban J connectivity index is 2.48. The molecule has 0 aliphatic heterocycles. The van der Waals surface area contributed by atoms with E-state index < -0.39 is 0 Å². The van der Waals surface area contributed by atoms with Gasteiger partial charge in [-0.3, -0.25) is 0 Å². The average Bonchev–Trinajstić information content (AvgIpc) is 3.06. The fraction of sp³-hybridized carbons (Fsp3) is 0.0769. The van der Waals surface area contributed by atoms with Gasteiger partial charge in [0.2, 0.25) is 5.75 Å². The molecule has 0 saturated carbocycles. The maximum Gasteiger partial charge on any atom is 0.211 e. The van der Waals surface area contributed by atoms with Gasteiger partial charge in [0.15, 0.2) is 11.5 Å². The first-order chi connectivity index (χ1) is 22.2. The lowest BCUT2D eigenvalue weighted by Crippen LogP contribution is -2.02. The van der Waals surface area contributed by atoms with Crippen LogP contribution in [0.15, 0.2) is 178 Å². The molecule has 2 rings (SSSR count). The molecule has 0 heterocycles. The predicted octanol–water partition coefficient (Wildman–Crippen LogP) is 9.34. The Bertz CT molecular complexity index is 1430. The van der Waals surface area contributed by atoms with Crippen LogP contribution in [0.25, 0.3) is 0 Å². The molecule has 0 amide bonds. The normalized spacial score (nSPS) is 12.3. The number of hydrogen-bond acceptors (Lipinski definition) is 6. The van der Waals surface area contributed by atoms with E-state index in [4.69, 9.17) is 23.7 Å². The van der Waals surface area contributed by atoms with E-state index in [-0.39, 0.29) is 13.2 Å². The Morgan fingerprint density at radius 1 is 0.578 bits per heavy atom. The van der Waals surface area contributed by atoms with Gasteiger partial charge in [-0.15, -0.1) is 0 Å². The van der Waals surface area contributed by atoms with Crippen molar-refractivity contribution in [3.05, 3.63) is 189 Å². The Kier molecular flexibility index (Phi) is 18.0. The Morgan fingerprint density at radius 2 is 1.04 bits per heavy atom. The molecule has 0 bridgehead atoms. The summed E-state index contributed by atoms with van der Waals surface area (Å²) in [7, 11) is 1.57. The number of aliphatic hydroxyl groups excluding tert-OH is 1. The number of methoxy groups -OCH3 is 1.